The normalized spacial score (nSPS) is 28.9. The molecule has 3 aliphatic heterocycles. The van der Waals surface area contributed by atoms with Crippen molar-refractivity contribution in [2.24, 2.45) is 11.8 Å². The first-order chi connectivity index (χ1) is 11.2. The van der Waals surface area contributed by atoms with Gasteiger partial charge in [0.1, 0.15) is 11.8 Å². The average Bonchev–Trinajstić information content (AvgIpc) is 2.61. The average molecular weight is 332 g/mol. The minimum atomic E-state index is 0.667. The molecule has 3 N–H and O–H groups in total. The molecule has 1 aromatic rings. The van der Waals surface area contributed by atoms with E-state index >= 15 is 0 Å². The van der Waals surface area contributed by atoms with Gasteiger partial charge in [0.2, 0.25) is 0 Å². The Hall–Kier alpha value is -1.59. The molecular weight excluding hydrogens is 306 g/mol. The number of fused-ring (bicyclic) bond motifs is 3. The van der Waals surface area contributed by atoms with Crippen molar-refractivity contribution in [3.05, 3.63) is 36.9 Å². The molecule has 1 aromatic carbocycles. The zero-order valence-corrected chi connectivity index (χ0v) is 14.5. The van der Waals surface area contributed by atoms with Crippen molar-refractivity contribution in [1.82, 2.24) is 5.32 Å². The van der Waals surface area contributed by atoms with Crippen LogP contribution in [0.15, 0.2) is 36.9 Å². The number of ether oxygens (including phenoxy) is 1. The van der Waals surface area contributed by atoms with Crippen LogP contribution in [0.5, 0.6) is 5.75 Å². The number of hydrogen-bond acceptors (Lipinski definition) is 2. The molecule has 23 heavy (non-hydrogen) atoms. The van der Waals surface area contributed by atoms with Gasteiger partial charge in [0.25, 0.3) is 0 Å². The van der Waals surface area contributed by atoms with Crippen molar-refractivity contribution >= 4 is 23.0 Å². The van der Waals surface area contributed by atoms with Gasteiger partial charge >= 0.3 is 0 Å². The first-order valence-electron chi connectivity index (χ1n) is 8.35. The van der Waals surface area contributed by atoms with Crippen molar-refractivity contribution in [3.8, 4) is 5.75 Å². The summed E-state index contributed by atoms with van der Waals surface area (Å²) in [6.45, 7) is 7.46. The molecule has 3 aliphatic rings. The van der Waals surface area contributed by atoms with E-state index in [0.29, 0.717) is 17.1 Å². The molecule has 0 radical (unpaired) electrons. The van der Waals surface area contributed by atoms with E-state index in [1.807, 2.05) is 24.3 Å². The number of thiocarbonyl (C=S) groups is 1. The second-order valence-corrected chi connectivity index (χ2v) is 6.97. The molecule has 0 spiro atoms. The molecule has 4 atom stereocenters. The highest BCUT2D eigenvalue weighted by Crippen LogP contribution is 2.27. The van der Waals surface area contributed by atoms with Gasteiger partial charge < -0.3 is 20.3 Å². The molecule has 3 fully saturated rings. The SMILES string of the molecule is C=C[C@H]1C[NH+]2CC[C@H]1C[C@@H]2CNC(=S)Nc1ccc(OC)cc1. The minimum absolute atomic E-state index is 0.667. The van der Waals surface area contributed by atoms with Crippen LogP contribution in [-0.2, 0) is 0 Å². The van der Waals surface area contributed by atoms with Crippen LogP contribution in [0.1, 0.15) is 12.8 Å². The number of quaternary nitrogens is 1. The molecular formula is C18H26N3OS+. The van der Waals surface area contributed by atoms with Crippen molar-refractivity contribution < 1.29 is 9.64 Å². The maximum Gasteiger partial charge on any atom is 0.170 e. The van der Waals surface area contributed by atoms with E-state index in [0.717, 1.165) is 23.9 Å². The van der Waals surface area contributed by atoms with Crippen molar-refractivity contribution in [2.45, 2.75) is 18.9 Å². The quantitative estimate of drug-likeness (QED) is 0.564. The van der Waals surface area contributed by atoms with E-state index < -0.39 is 0 Å². The van der Waals surface area contributed by atoms with Crippen molar-refractivity contribution in [2.75, 3.05) is 32.1 Å². The summed E-state index contributed by atoms with van der Waals surface area (Å²) < 4.78 is 5.16. The van der Waals surface area contributed by atoms with Crippen LogP contribution in [-0.4, -0.2) is 37.9 Å². The van der Waals surface area contributed by atoms with E-state index in [1.54, 1.807) is 12.0 Å². The Morgan fingerprint density at radius 1 is 1.43 bits per heavy atom. The third-order valence-electron chi connectivity index (χ3n) is 5.26. The summed E-state index contributed by atoms with van der Waals surface area (Å²) in [6, 6.07) is 8.46. The topological polar surface area (TPSA) is 37.7 Å². The molecule has 5 heteroatoms. The Bertz CT molecular complexity index is 560. The van der Waals surface area contributed by atoms with Gasteiger partial charge in [0, 0.05) is 24.4 Å². The zero-order chi connectivity index (χ0) is 16.2. The second kappa shape index (κ2) is 7.32. The predicted molar refractivity (Wildman–Crippen MR) is 98.1 cm³/mol. The molecule has 3 heterocycles. The van der Waals surface area contributed by atoms with E-state index in [9.17, 15) is 0 Å². The number of anilines is 1. The highest BCUT2D eigenvalue weighted by molar-refractivity contribution is 7.80. The van der Waals surface area contributed by atoms with Gasteiger partial charge in [-0.15, -0.1) is 6.58 Å². The van der Waals surface area contributed by atoms with Gasteiger partial charge in [-0.25, -0.2) is 0 Å². The van der Waals surface area contributed by atoms with Gasteiger partial charge in [-0.3, -0.25) is 0 Å². The van der Waals surface area contributed by atoms with Gasteiger partial charge in [0.15, 0.2) is 5.11 Å². The Labute approximate surface area is 143 Å². The summed E-state index contributed by atoms with van der Waals surface area (Å²) in [6.07, 6.45) is 4.78. The molecule has 4 rings (SSSR count). The molecule has 4 nitrogen and oxygen atoms in total. The van der Waals surface area contributed by atoms with Crippen LogP contribution in [0.25, 0.3) is 0 Å². The third-order valence-corrected chi connectivity index (χ3v) is 5.51. The highest BCUT2D eigenvalue weighted by Gasteiger charge is 2.41. The van der Waals surface area contributed by atoms with Crippen LogP contribution < -0.4 is 20.3 Å². The molecule has 0 saturated carbocycles. The summed E-state index contributed by atoms with van der Waals surface area (Å²) in [5.74, 6) is 2.38. The largest absolute Gasteiger partial charge is 0.497 e. The number of hydrogen-bond donors (Lipinski definition) is 3. The summed E-state index contributed by atoms with van der Waals surface area (Å²) >= 11 is 5.42. The van der Waals surface area contributed by atoms with Crippen molar-refractivity contribution in [3.63, 3.8) is 0 Å². The summed E-state index contributed by atoms with van der Waals surface area (Å²) in [4.78, 5) is 1.71. The van der Waals surface area contributed by atoms with Gasteiger partial charge in [0.05, 0.1) is 26.7 Å². The fourth-order valence-corrected chi connectivity index (χ4v) is 4.12. The fourth-order valence-electron chi connectivity index (χ4n) is 3.92. The molecule has 0 aromatic heterocycles. The minimum Gasteiger partial charge on any atom is -0.497 e. The van der Waals surface area contributed by atoms with Gasteiger partial charge in [-0.05, 0) is 42.4 Å². The first kappa shape index (κ1) is 16.3. The number of methoxy groups -OCH3 is 1. The summed E-state index contributed by atoms with van der Waals surface area (Å²) in [5, 5.41) is 7.32. The monoisotopic (exact) mass is 332 g/mol. The van der Waals surface area contributed by atoms with E-state index in [1.165, 1.54) is 25.9 Å². The molecule has 0 aliphatic carbocycles. The third kappa shape index (κ3) is 3.85. The lowest BCUT2D eigenvalue weighted by Gasteiger charge is -2.46. The second-order valence-electron chi connectivity index (χ2n) is 6.56. The lowest BCUT2D eigenvalue weighted by Crippen LogP contribution is -3.20. The van der Waals surface area contributed by atoms with E-state index in [-0.39, 0.29) is 0 Å². The summed E-state index contributed by atoms with van der Waals surface area (Å²) in [7, 11) is 1.67. The number of benzene rings is 1. The maximum atomic E-state index is 5.42. The van der Waals surface area contributed by atoms with Gasteiger partial charge in [-0.2, -0.15) is 0 Å². The summed E-state index contributed by atoms with van der Waals surface area (Å²) in [5.41, 5.74) is 0.979. The molecule has 2 bridgehead atoms. The number of nitrogens with one attached hydrogen (secondary N) is 3. The van der Waals surface area contributed by atoms with Gasteiger partial charge in [-0.1, -0.05) is 6.08 Å². The Morgan fingerprint density at radius 3 is 2.83 bits per heavy atom. The Kier molecular flexibility index (Phi) is 5.18. The van der Waals surface area contributed by atoms with Crippen LogP contribution in [0.2, 0.25) is 0 Å². The van der Waals surface area contributed by atoms with Crippen molar-refractivity contribution in [1.29, 1.82) is 0 Å². The zero-order valence-electron chi connectivity index (χ0n) is 13.7. The first-order valence-corrected chi connectivity index (χ1v) is 8.76. The number of piperidine rings is 3. The number of rotatable bonds is 5. The van der Waals surface area contributed by atoms with E-state index in [4.69, 9.17) is 17.0 Å². The van der Waals surface area contributed by atoms with Crippen LogP contribution in [0.3, 0.4) is 0 Å². The lowest BCUT2D eigenvalue weighted by molar-refractivity contribution is -0.944. The van der Waals surface area contributed by atoms with Crippen LogP contribution in [0, 0.1) is 11.8 Å². The smallest absolute Gasteiger partial charge is 0.170 e. The van der Waals surface area contributed by atoms with Crippen LogP contribution in [0.4, 0.5) is 5.69 Å². The standard InChI is InChI=1S/C18H25N3OS/c1-3-13-12-21-9-8-14(13)10-16(21)11-19-18(23)20-15-4-6-17(22-2)7-5-15/h3-7,13-14,16H,1,8-12H2,2H3,(H2,19,20,23)/p+1/t13-,14-,16+/m0/s1. The highest BCUT2D eigenvalue weighted by atomic mass is 32.1. The molecule has 0 amide bonds. The van der Waals surface area contributed by atoms with Crippen LogP contribution >= 0.6 is 12.2 Å². The fraction of sp³-hybridized carbons (Fsp3) is 0.500. The molecule has 124 valence electrons. The van der Waals surface area contributed by atoms with E-state index in [2.05, 4.69) is 23.3 Å². The maximum absolute atomic E-state index is 5.42. The Balaban J connectivity index is 1.47. The molecule has 3 saturated heterocycles. The Morgan fingerprint density at radius 2 is 2.22 bits per heavy atom. The predicted octanol–water partition coefficient (Wildman–Crippen LogP) is 1.46. The lowest BCUT2D eigenvalue weighted by atomic mass is 9.76. The molecule has 1 unspecified atom stereocenters.